The van der Waals surface area contributed by atoms with E-state index < -0.39 is 0 Å². The van der Waals surface area contributed by atoms with Gasteiger partial charge in [-0.1, -0.05) is 37.3 Å². The van der Waals surface area contributed by atoms with E-state index in [-0.39, 0.29) is 42.7 Å². The monoisotopic (exact) mass is 377 g/mol. The third-order valence-corrected chi connectivity index (χ3v) is 4.38. The summed E-state index contributed by atoms with van der Waals surface area (Å²) in [6, 6.07) is 9.80. The minimum Gasteiger partial charge on any atom is -0.379 e. The molecule has 0 saturated carbocycles. The number of hydrogen-bond acceptors (Lipinski definition) is 4. The summed E-state index contributed by atoms with van der Waals surface area (Å²) in [5, 5.41) is 3.03. The van der Waals surface area contributed by atoms with E-state index in [0.29, 0.717) is 12.6 Å². The zero-order valence-electron chi connectivity index (χ0n) is 14.3. The van der Waals surface area contributed by atoms with Crippen LogP contribution in [0.4, 0.5) is 0 Å². The normalized spacial score (nSPS) is 18.5. The van der Waals surface area contributed by atoms with Gasteiger partial charge in [0.25, 0.3) is 0 Å². The molecule has 0 aromatic heterocycles. The van der Waals surface area contributed by atoms with Crippen LogP contribution in [0.1, 0.15) is 25.5 Å². The van der Waals surface area contributed by atoms with E-state index >= 15 is 0 Å². The van der Waals surface area contributed by atoms with Crippen molar-refractivity contribution in [3.8, 4) is 0 Å². The molecule has 0 radical (unpaired) electrons. The second kappa shape index (κ2) is 11.7. The molecule has 7 heteroatoms. The number of nitrogens with one attached hydrogen (secondary N) is 1. The molecule has 0 spiro atoms. The van der Waals surface area contributed by atoms with E-state index in [2.05, 4.69) is 17.1 Å². The van der Waals surface area contributed by atoms with Crippen LogP contribution in [0.25, 0.3) is 0 Å². The highest BCUT2D eigenvalue weighted by molar-refractivity contribution is 5.85. The first-order chi connectivity index (χ1) is 10.6. The number of nitrogens with zero attached hydrogens (tertiary/aromatic N) is 1. The average Bonchev–Trinajstić information content (AvgIpc) is 2.59. The summed E-state index contributed by atoms with van der Waals surface area (Å²) in [6.45, 7) is 8.05. The second-order valence-corrected chi connectivity index (χ2v) is 5.97. The van der Waals surface area contributed by atoms with Crippen LogP contribution >= 0.6 is 24.8 Å². The maximum atomic E-state index is 12.3. The van der Waals surface area contributed by atoms with Gasteiger partial charge in [-0.15, -0.1) is 24.8 Å². The van der Waals surface area contributed by atoms with Gasteiger partial charge in [-0.3, -0.25) is 9.69 Å². The Morgan fingerprint density at radius 3 is 2.38 bits per heavy atom. The smallest absolute Gasteiger partial charge is 0.224 e. The summed E-state index contributed by atoms with van der Waals surface area (Å²) in [7, 11) is 0. The fourth-order valence-corrected chi connectivity index (χ4v) is 2.68. The Morgan fingerprint density at radius 1 is 1.21 bits per heavy atom. The zero-order valence-corrected chi connectivity index (χ0v) is 15.9. The topological polar surface area (TPSA) is 67.6 Å². The summed E-state index contributed by atoms with van der Waals surface area (Å²) < 4.78 is 5.35. The molecule has 0 bridgehead atoms. The van der Waals surface area contributed by atoms with Crippen molar-refractivity contribution in [3.05, 3.63) is 35.9 Å². The van der Waals surface area contributed by atoms with Crippen LogP contribution in [0.3, 0.4) is 0 Å². The molecule has 3 N–H and O–H groups in total. The van der Waals surface area contributed by atoms with Gasteiger partial charge in [0.2, 0.25) is 5.91 Å². The molecule has 1 amide bonds. The first-order valence-corrected chi connectivity index (χ1v) is 7.99. The first-order valence-electron chi connectivity index (χ1n) is 7.99. The lowest BCUT2D eigenvalue weighted by Crippen LogP contribution is -2.48. The summed E-state index contributed by atoms with van der Waals surface area (Å²) in [5.41, 5.74) is 7.19. The Bertz CT molecular complexity index is 470. The third-order valence-electron chi connectivity index (χ3n) is 4.38. The largest absolute Gasteiger partial charge is 0.379 e. The van der Waals surface area contributed by atoms with Crippen LogP contribution in [0.5, 0.6) is 0 Å². The number of carbonyl (C=O) groups is 1. The van der Waals surface area contributed by atoms with Crippen LogP contribution in [-0.4, -0.2) is 49.7 Å². The molecule has 1 fully saturated rings. The molecule has 1 aliphatic rings. The Hall–Kier alpha value is -0.850. The molecular formula is C17H29Cl2N3O2. The van der Waals surface area contributed by atoms with Gasteiger partial charge in [0.15, 0.2) is 0 Å². The first kappa shape index (κ1) is 23.1. The number of benzene rings is 1. The van der Waals surface area contributed by atoms with Gasteiger partial charge < -0.3 is 15.8 Å². The fraction of sp³-hybridized carbons (Fsp3) is 0.588. The van der Waals surface area contributed by atoms with Crippen LogP contribution in [0.2, 0.25) is 0 Å². The summed E-state index contributed by atoms with van der Waals surface area (Å²) in [4.78, 5) is 14.6. The minimum absolute atomic E-state index is 0. The van der Waals surface area contributed by atoms with Crippen LogP contribution in [0, 0.1) is 5.92 Å². The Morgan fingerprint density at radius 2 is 1.79 bits per heavy atom. The van der Waals surface area contributed by atoms with Gasteiger partial charge in [-0.25, -0.2) is 0 Å². The van der Waals surface area contributed by atoms with Gasteiger partial charge in [0.1, 0.15) is 0 Å². The quantitative estimate of drug-likeness (QED) is 0.795. The van der Waals surface area contributed by atoms with Crippen molar-refractivity contribution in [2.75, 3.05) is 32.8 Å². The number of morpholine rings is 1. The highest BCUT2D eigenvalue weighted by Crippen LogP contribution is 2.19. The predicted octanol–water partition coefficient (Wildman–Crippen LogP) is 2.00. The van der Waals surface area contributed by atoms with Crippen molar-refractivity contribution in [1.29, 1.82) is 0 Å². The molecule has 1 heterocycles. The standard InChI is InChI=1S/C17H27N3O2.2ClH/c1-13(20-8-10-22-11-9-20)12-19-17(21)14(2)16(18)15-6-4-3-5-7-15;;/h3-7,13-14,16H,8-12,18H2,1-2H3,(H,19,21);2*1H. The highest BCUT2D eigenvalue weighted by Gasteiger charge is 2.23. The molecule has 1 aromatic carbocycles. The van der Waals surface area contributed by atoms with E-state index in [1.165, 1.54) is 0 Å². The summed E-state index contributed by atoms with van der Waals surface area (Å²) in [5.74, 6) is -0.240. The molecule has 138 valence electrons. The lowest BCUT2D eigenvalue weighted by atomic mass is 9.94. The minimum atomic E-state index is -0.278. The van der Waals surface area contributed by atoms with Crippen molar-refractivity contribution in [3.63, 3.8) is 0 Å². The molecule has 5 nitrogen and oxygen atoms in total. The van der Waals surface area contributed by atoms with E-state index in [1.54, 1.807) is 0 Å². The highest BCUT2D eigenvalue weighted by atomic mass is 35.5. The van der Waals surface area contributed by atoms with E-state index in [1.807, 2.05) is 37.3 Å². The zero-order chi connectivity index (χ0) is 15.9. The van der Waals surface area contributed by atoms with Crippen LogP contribution in [-0.2, 0) is 9.53 Å². The Kier molecular flexibility index (Phi) is 11.2. The molecular weight excluding hydrogens is 349 g/mol. The second-order valence-electron chi connectivity index (χ2n) is 5.97. The van der Waals surface area contributed by atoms with Crippen molar-refractivity contribution in [2.24, 2.45) is 11.7 Å². The van der Waals surface area contributed by atoms with E-state index in [9.17, 15) is 4.79 Å². The van der Waals surface area contributed by atoms with Gasteiger partial charge in [-0.05, 0) is 12.5 Å². The number of halogens is 2. The van der Waals surface area contributed by atoms with Crippen LogP contribution < -0.4 is 11.1 Å². The van der Waals surface area contributed by atoms with Gasteiger partial charge in [-0.2, -0.15) is 0 Å². The van der Waals surface area contributed by atoms with E-state index in [4.69, 9.17) is 10.5 Å². The lowest BCUT2D eigenvalue weighted by molar-refractivity contribution is -0.125. The molecule has 1 aromatic rings. The molecule has 1 aliphatic heterocycles. The van der Waals surface area contributed by atoms with Crippen molar-refractivity contribution >= 4 is 30.7 Å². The maximum absolute atomic E-state index is 12.3. The number of amides is 1. The molecule has 1 saturated heterocycles. The molecule has 24 heavy (non-hydrogen) atoms. The van der Waals surface area contributed by atoms with Gasteiger partial charge in [0, 0.05) is 31.7 Å². The van der Waals surface area contributed by atoms with Crippen molar-refractivity contribution in [2.45, 2.75) is 25.9 Å². The Balaban J connectivity index is 0.00000264. The SMILES string of the molecule is CC(C(=O)NCC(C)N1CCOCC1)C(N)c1ccccc1.Cl.Cl. The van der Waals surface area contributed by atoms with Crippen molar-refractivity contribution in [1.82, 2.24) is 10.2 Å². The number of hydrogen-bond donors (Lipinski definition) is 2. The van der Waals surface area contributed by atoms with Crippen molar-refractivity contribution < 1.29 is 9.53 Å². The number of ether oxygens (including phenoxy) is 1. The molecule has 2 rings (SSSR count). The average molecular weight is 378 g/mol. The summed E-state index contributed by atoms with van der Waals surface area (Å²) in [6.07, 6.45) is 0. The van der Waals surface area contributed by atoms with Gasteiger partial charge in [0.05, 0.1) is 19.1 Å². The molecule has 3 unspecified atom stereocenters. The molecule has 3 atom stereocenters. The number of nitrogens with two attached hydrogens (primary N) is 1. The van der Waals surface area contributed by atoms with E-state index in [0.717, 1.165) is 31.9 Å². The number of rotatable bonds is 6. The predicted molar refractivity (Wildman–Crippen MR) is 102 cm³/mol. The summed E-state index contributed by atoms with van der Waals surface area (Å²) >= 11 is 0. The lowest BCUT2D eigenvalue weighted by Gasteiger charge is -2.32. The fourth-order valence-electron chi connectivity index (χ4n) is 2.68. The van der Waals surface area contributed by atoms with Crippen LogP contribution in [0.15, 0.2) is 30.3 Å². The third kappa shape index (κ3) is 6.57. The molecule has 0 aliphatic carbocycles. The number of carbonyl (C=O) groups excluding carboxylic acids is 1. The maximum Gasteiger partial charge on any atom is 0.224 e. The Labute approximate surface area is 157 Å². The van der Waals surface area contributed by atoms with Gasteiger partial charge >= 0.3 is 0 Å².